The first-order chi connectivity index (χ1) is 8.34. The molecule has 0 radical (unpaired) electrons. The fourth-order valence-corrected chi connectivity index (χ4v) is 2.92. The Morgan fingerprint density at radius 2 is 2.24 bits per heavy atom. The molecule has 1 saturated heterocycles. The summed E-state index contributed by atoms with van der Waals surface area (Å²) in [5.41, 5.74) is 1.19. The van der Waals surface area contributed by atoms with Gasteiger partial charge in [0.2, 0.25) is 0 Å². The Hall–Kier alpha value is -0.870. The highest BCUT2D eigenvalue weighted by atomic mass is 79.9. The smallest absolute Gasteiger partial charge is 0.188 e. The van der Waals surface area contributed by atoms with Crippen molar-refractivity contribution in [3.63, 3.8) is 0 Å². The van der Waals surface area contributed by atoms with Crippen LogP contribution in [-0.2, 0) is 4.74 Å². The van der Waals surface area contributed by atoms with Crippen LogP contribution in [0.4, 0.5) is 0 Å². The number of aliphatic imine (C=N–C) groups is 1. The topological polar surface area (TPSA) is 33.6 Å². The molecule has 3 nitrogen and oxygen atoms in total. The van der Waals surface area contributed by atoms with Gasteiger partial charge in [-0.2, -0.15) is 0 Å². The van der Waals surface area contributed by atoms with Crippen LogP contribution in [0.15, 0.2) is 33.7 Å². The minimum atomic E-state index is 0.0844. The third kappa shape index (κ3) is 2.24. The summed E-state index contributed by atoms with van der Waals surface area (Å²) >= 11 is 3.57. The van der Waals surface area contributed by atoms with Gasteiger partial charge in [0.1, 0.15) is 6.10 Å². The van der Waals surface area contributed by atoms with E-state index in [1.54, 1.807) is 0 Å². The van der Waals surface area contributed by atoms with Crippen molar-refractivity contribution in [3.8, 4) is 0 Å². The summed E-state index contributed by atoms with van der Waals surface area (Å²) < 4.78 is 7.09. The number of ether oxygens (including phenoxy) is 1. The van der Waals surface area contributed by atoms with Gasteiger partial charge >= 0.3 is 0 Å². The van der Waals surface area contributed by atoms with Crippen LogP contribution in [0.3, 0.4) is 0 Å². The lowest BCUT2D eigenvalue weighted by Crippen LogP contribution is -2.18. The van der Waals surface area contributed by atoms with Gasteiger partial charge in [-0.1, -0.05) is 34.1 Å². The molecule has 0 aromatic heterocycles. The quantitative estimate of drug-likeness (QED) is 0.909. The summed E-state index contributed by atoms with van der Waals surface area (Å²) in [4.78, 5) is 4.55. The minimum Gasteiger partial charge on any atom is -0.471 e. The zero-order valence-electron chi connectivity index (χ0n) is 9.53. The fourth-order valence-electron chi connectivity index (χ4n) is 2.38. The van der Waals surface area contributed by atoms with Gasteiger partial charge in [0.25, 0.3) is 0 Å². The molecule has 1 N–H and O–H groups in total. The lowest BCUT2D eigenvalue weighted by Gasteiger charge is -2.15. The molecule has 1 fully saturated rings. The molecule has 3 rings (SSSR count). The zero-order valence-corrected chi connectivity index (χ0v) is 11.1. The predicted octanol–water partition coefficient (Wildman–Crippen LogP) is 2.53. The molecule has 2 atom stereocenters. The number of benzene rings is 1. The Bertz CT molecular complexity index is 441. The Morgan fingerprint density at radius 3 is 3.00 bits per heavy atom. The SMILES string of the molecule is Brc1ccccc1C1CN=C(C2CCNC2)O1. The minimum absolute atomic E-state index is 0.0844. The number of hydrogen-bond donors (Lipinski definition) is 1. The lowest BCUT2D eigenvalue weighted by atomic mass is 10.1. The standard InChI is InChI=1S/C13H15BrN2O/c14-11-4-2-1-3-10(11)12-8-16-13(17-12)9-5-6-15-7-9/h1-4,9,12,15H,5-8H2. The number of nitrogens with zero attached hydrogens (tertiary/aromatic N) is 1. The molecule has 2 aliphatic heterocycles. The van der Waals surface area contributed by atoms with E-state index in [9.17, 15) is 0 Å². The monoisotopic (exact) mass is 294 g/mol. The Kier molecular flexibility index (Phi) is 3.16. The van der Waals surface area contributed by atoms with Gasteiger partial charge < -0.3 is 10.1 Å². The van der Waals surface area contributed by atoms with Gasteiger partial charge in [-0.25, -0.2) is 0 Å². The second kappa shape index (κ2) is 4.78. The Balaban J connectivity index is 1.72. The third-order valence-electron chi connectivity index (χ3n) is 3.34. The van der Waals surface area contributed by atoms with Gasteiger partial charge in [-0.3, -0.25) is 4.99 Å². The third-order valence-corrected chi connectivity index (χ3v) is 4.06. The molecule has 2 aliphatic rings. The maximum Gasteiger partial charge on any atom is 0.188 e. The highest BCUT2D eigenvalue weighted by molar-refractivity contribution is 9.10. The van der Waals surface area contributed by atoms with Crippen LogP contribution >= 0.6 is 15.9 Å². The molecule has 0 saturated carbocycles. The van der Waals surface area contributed by atoms with Gasteiger partial charge in [-0.05, 0) is 19.0 Å². The number of rotatable bonds is 2. The van der Waals surface area contributed by atoms with E-state index in [0.717, 1.165) is 36.4 Å². The summed E-state index contributed by atoms with van der Waals surface area (Å²) in [6.07, 6.45) is 1.22. The highest BCUT2D eigenvalue weighted by Gasteiger charge is 2.30. The van der Waals surface area contributed by atoms with E-state index < -0.39 is 0 Å². The summed E-state index contributed by atoms with van der Waals surface area (Å²) in [7, 11) is 0. The first-order valence-corrected chi connectivity index (χ1v) is 6.80. The predicted molar refractivity (Wildman–Crippen MR) is 71.2 cm³/mol. The number of halogens is 1. The van der Waals surface area contributed by atoms with Crippen molar-refractivity contribution in [2.24, 2.45) is 10.9 Å². The van der Waals surface area contributed by atoms with Crippen LogP contribution in [0.25, 0.3) is 0 Å². The average molecular weight is 295 g/mol. The first kappa shape index (κ1) is 11.2. The molecule has 17 heavy (non-hydrogen) atoms. The molecule has 0 amide bonds. The molecule has 2 heterocycles. The average Bonchev–Trinajstić information content (AvgIpc) is 3.00. The molecule has 2 unspecified atom stereocenters. The van der Waals surface area contributed by atoms with Crippen molar-refractivity contribution < 1.29 is 4.74 Å². The van der Waals surface area contributed by atoms with E-state index in [1.165, 1.54) is 5.56 Å². The first-order valence-electron chi connectivity index (χ1n) is 6.01. The van der Waals surface area contributed by atoms with Gasteiger partial charge in [0.15, 0.2) is 5.90 Å². The number of hydrogen-bond acceptors (Lipinski definition) is 3. The van der Waals surface area contributed by atoms with E-state index >= 15 is 0 Å². The summed E-state index contributed by atoms with van der Waals surface area (Å²) in [5.74, 6) is 1.42. The van der Waals surface area contributed by atoms with E-state index in [-0.39, 0.29) is 6.10 Å². The zero-order chi connectivity index (χ0) is 11.7. The molecule has 90 valence electrons. The molecule has 0 spiro atoms. The second-order valence-electron chi connectivity index (χ2n) is 4.50. The summed E-state index contributed by atoms with van der Waals surface area (Å²) in [5, 5.41) is 3.35. The van der Waals surface area contributed by atoms with Crippen molar-refractivity contribution in [3.05, 3.63) is 34.3 Å². The molecule has 0 aliphatic carbocycles. The normalized spacial score (nSPS) is 27.9. The van der Waals surface area contributed by atoms with Crippen LogP contribution in [-0.4, -0.2) is 25.5 Å². The molecular weight excluding hydrogens is 280 g/mol. The van der Waals surface area contributed by atoms with Crippen LogP contribution in [0.5, 0.6) is 0 Å². The van der Waals surface area contributed by atoms with E-state index in [4.69, 9.17) is 4.74 Å². The fraction of sp³-hybridized carbons (Fsp3) is 0.462. The van der Waals surface area contributed by atoms with E-state index in [0.29, 0.717) is 5.92 Å². The molecule has 1 aromatic rings. The highest BCUT2D eigenvalue weighted by Crippen LogP contribution is 2.31. The molecule has 1 aromatic carbocycles. The molecular formula is C13H15BrN2O. The van der Waals surface area contributed by atoms with E-state index in [2.05, 4.69) is 32.3 Å². The largest absolute Gasteiger partial charge is 0.471 e. The molecule has 4 heteroatoms. The maximum absolute atomic E-state index is 5.99. The maximum atomic E-state index is 5.99. The van der Waals surface area contributed by atoms with Gasteiger partial charge in [-0.15, -0.1) is 0 Å². The lowest BCUT2D eigenvalue weighted by molar-refractivity contribution is 0.215. The summed E-state index contributed by atoms with van der Waals surface area (Å²) in [6, 6.07) is 8.21. The van der Waals surface area contributed by atoms with Crippen molar-refractivity contribution in [1.82, 2.24) is 5.32 Å². The van der Waals surface area contributed by atoms with Gasteiger partial charge in [0.05, 0.1) is 6.54 Å². The molecule has 0 bridgehead atoms. The van der Waals surface area contributed by atoms with Crippen molar-refractivity contribution >= 4 is 21.8 Å². The summed E-state index contributed by atoms with van der Waals surface area (Å²) in [6.45, 7) is 2.82. The Morgan fingerprint density at radius 1 is 1.35 bits per heavy atom. The van der Waals surface area contributed by atoms with Crippen molar-refractivity contribution in [2.75, 3.05) is 19.6 Å². The van der Waals surface area contributed by atoms with E-state index in [1.807, 2.05) is 18.2 Å². The Labute approximate surface area is 109 Å². The van der Waals surface area contributed by atoms with Gasteiger partial charge in [0, 0.05) is 22.5 Å². The second-order valence-corrected chi connectivity index (χ2v) is 5.35. The van der Waals surface area contributed by atoms with Crippen LogP contribution in [0.1, 0.15) is 18.1 Å². The number of nitrogens with one attached hydrogen (secondary N) is 1. The van der Waals surface area contributed by atoms with Crippen molar-refractivity contribution in [2.45, 2.75) is 12.5 Å². The van der Waals surface area contributed by atoms with Crippen LogP contribution < -0.4 is 5.32 Å². The van der Waals surface area contributed by atoms with Crippen molar-refractivity contribution in [1.29, 1.82) is 0 Å². The van der Waals surface area contributed by atoms with Crippen LogP contribution in [0, 0.1) is 5.92 Å². The van der Waals surface area contributed by atoms with Crippen LogP contribution in [0.2, 0.25) is 0 Å².